The number of phenols is 2. The molecule has 0 bridgehead atoms. The molecule has 4 rings (SSSR count). The molecule has 1 aromatic carbocycles. The molecular weight excluding hydrogens is 417 g/mol. The average Bonchev–Trinajstić information content (AvgIpc) is 2.76. The molecule has 1 atom stereocenters. The van der Waals surface area contributed by atoms with Crippen LogP contribution in [0.3, 0.4) is 0 Å². The van der Waals surface area contributed by atoms with Gasteiger partial charge in [0.2, 0.25) is 5.75 Å². The standard InChI is InChI=1S/C23H22FN3O5/c1-23(2)20(30)10-16-19(32-23)5-4-13(26-16)9-15-14(24)11-25-21(27-15)8-12-6-17(28)22(31-3)18(29)7-12/h4-7,11,28-29H,8-10H2,1-3H3/i1D3. The highest BCUT2D eigenvalue weighted by atomic mass is 19.1. The molecule has 1 unspecified atom stereocenters. The maximum absolute atomic E-state index is 14.5. The Morgan fingerprint density at radius 3 is 2.69 bits per heavy atom. The molecule has 2 N–H and O–H groups in total. The Labute approximate surface area is 187 Å². The van der Waals surface area contributed by atoms with Gasteiger partial charge in [-0.1, -0.05) is 0 Å². The van der Waals surface area contributed by atoms with Crippen LogP contribution in [-0.2, 0) is 24.1 Å². The maximum atomic E-state index is 14.5. The second-order valence-electron chi connectivity index (χ2n) is 7.58. The number of nitrogens with zero attached hydrogens (tertiary/aromatic N) is 3. The van der Waals surface area contributed by atoms with Crippen LogP contribution in [0.25, 0.3) is 0 Å². The van der Waals surface area contributed by atoms with Gasteiger partial charge < -0.3 is 19.7 Å². The van der Waals surface area contributed by atoms with Gasteiger partial charge in [0.05, 0.1) is 31.1 Å². The summed E-state index contributed by atoms with van der Waals surface area (Å²) in [4.78, 5) is 25.1. The van der Waals surface area contributed by atoms with Crippen LogP contribution < -0.4 is 9.47 Å². The molecule has 0 saturated heterocycles. The number of Topliss-reactive ketones (excluding diaryl/α,β-unsaturated/α-hetero) is 1. The maximum Gasteiger partial charge on any atom is 0.202 e. The Balaban J connectivity index is 1.57. The molecule has 0 radical (unpaired) electrons. The van der Waals surface area contributed by atoms with Gasteiger partial charge in [-0.2, -0.15) is 0 Å². The van der Waals surface area contributed by atoms with E-state index in [1.54, 1.807) is 6.07 Å². The summed E-state index contributed by atoms with van der Waals surface area (Å²) in [6.45, 7) is -1.41. The second kappa shape index (κ2) is 8.07. The average molecular weight is 442 g/mol. The Kier molecular flexibility index (Phi) is 4.51. The van der Waals surface area contributed by atoms with Gasteiger partial charge in [0.1, 0.15) is 11.6 Å². The lowest BCUT2D eigenvalue weighted by molar-refractivity contribution is -0.132. The third kappa shape index (κ3) is 4.18. The van der Waals surface area contributed by atoms with Crippen molar-refractivity contribution in [2.75, 3.05) is 7.11 Å². The predicted molar refractivity (Wildman–Crippen MR) is 112 cm³/mol. The number of aromatic nitrogens is 3. The number of carbonyl (C=O) groups excluding carboxylic acids is 1. The molecule has 166 valence electrons. The summed E-state index contributed by atoms with van der Waals surface area (Å²) in [7, 11) is 1.31. The van der Waals surface area contributed by atoms with Crippen molar-refractivity contribution in [3.05, 3.63) is 64.7 Å². The molecular formula is C23H22FN3O5. The van der Waals surface area contributed by atoms with Crippen molar-refractivity contribution >= 4 is 5.78 Å². The summed E-state index contributed by atoms with van der Waals surface area (Å²) >= 11 is 0. The van der Waals surface area contributed by atoms with Gasteiger partial charge in [-0.15, -0.1) is 0 Å². The van der Waals surface area contributed by atoms with E-state index in [9.17, 15) is 19.4 Å². The minimum atomic E-state index is -2.64. The van der Waals surface area contributed by atoms with Gasteiger partial charge in [-0.25, -0.2) is 14.4 Å². The summed E-state index contributed by atoms with van der Waals surface area (Å²) in [5.41, 5.74) is -0.742. The first-order chi connectivity index (χ1) is 16.4. The smallest absolute Gasteiger partial charge is 0.202 e. The number of ketones is 1. The Morgan fingerprint density at radius 2 is 2.00 bits per heavy atom. The first kappa shape index (κ1) is 17.9. The molecule has 9 heteroatoms. The van der Waals surface area contributed by atoms with E-state index >= 15 is 0 Å². The van der Waals surface area contributed by atoms with Crippen molar-refractivity contribution in [2.24, 2.45) is 0 Å². The highest BCUT2D eigenvalue weighted by molar-refractivity contribution is 5.90. The SMILES string of the molecule is [2H]C([2H])([2H])C1(C)Oc2ccc(Cc3nc(Cc4cc(O)c(OC)c(O)c4)ncc3F)nc2CC1=O. The molecule has 32 heavy (non-hydrogen) atoms. The van der Waals surface area contributed by atoms with Gasteiger partial charge >= 0.3 is 0 Å². The van der Waals surface area contributed by atoms with E-state index in [4.69, 9.17) is 13.6 Å². The van der Waals surface area contributed by atoms with E-state index in [1.165, 1.54) is 32.2 Å². The molecule has 8 nitrogen and oxygen atoms in total. The van der Waals surface area contributed by atoms with Crippen LogP contribution in [0.4, 0.5) is 4.39 Å². The molecule has 0 aliphatic carbocycles. The van der Waals surface area contributed by atoms with Crippen LogP contribution in [0.15, 0.2) is 30.5 Å². The highest BCUT2D eigenvalue weighted by Crippen LogP contribution is 2.37. The first-order valence-electron chi connectivity index (χ1n) is 11.2. The number of hydrogen-bond donors (Lipinski definition) is 2. The molecule has 0 saturated carbocycles. The number of pyridine rings is 1. The lowest BCUT2D eigenvalue weighted by atomic mass is 9.95. The number of methoxy groups -OCH3 is 1. The zero-order chi connectivity index (χ0) is 25.5. The Morgan fingerprint density at radius 1 is 1.25 bits per heavy atom. The molecule has 3 aromatic rings. The van der Waals surface area contributed by atoms with Crippen LogP contribution in [0, 0.1) is 5.82 Å². The van der Waals surface area contributed by atoms with Crippen LogP contribution >= 0.6 is 0 Å². The molecule has 0 spiro atoms. The third-order valence-corrected chi connectivity index (χ3v) is 5.06. The van der Waals surface area contributed by atoms with Gasteiger partial charge in [-0.05, 0) is 43.6 Å². The number of halogens is 1. The van der Waals surface area contributed by atoms with Crippen molar-refractivity contribution in [3.63, 3.8) is 0 Å². The number of hydrogen-bond acceptors (Lipinski definition) is 8. The van der Waals surface area contributed by atoms with E-state index in [0.717, 1.165) is 6.20 Å². The lowest BCUT2D eigenvalue weighted by Crippen LogP contribution is -2.43. The van der Waals surface area contributed by atoms with Crippen molar-refractivity contribution in [1.29, 1.82) is 0 Å². The number of aromatic hydroxyl groups is 2. The monoisotopic (exact) mass is 442 g/mol. The Bertz CT molecular complexity index is 1300. The third-order valence-electron chi connectivity index (χ3n) is 5.06. The van der Waals surface area contributed by atoms with Crippen molar-refractivity contribution < 1.29 is 33.0 Å². The van der Waals surface area contributed by atoms with Crippen molar-refractivity contribution in [3.8, 4) is 23.0 Å². The van der Waals surface area contributed by atoms with E-state index in [0.29, 0.717) is 11.3 Å². The summed E-state index contributed by atoms with van der Waals surface area (Å²) in [6, 6.07) is 5.84. The number of ether oxygens (including phenoxy) is 2. The minimum absolute atomic E-state index is 0.0154. The fraction of sp³-hybridized carbons (Fsp3) is 0.304. The van der Waals surface area contributed by atoms with Gasteiger partial charge in [-0.3, -0.25) is 9.78 Å². The quantitative estimate of drug-likeness (QED) is 0.620. The first-order valence-corrected chi connectivity index (χ1v) is 9.71. The fourth-order valence-corrected chi connectivity index (χ4v) is 3.42. The molecule has 2 aromatic heterocycles. The van der Waals surface area contributed by atoms with E-state index in [-0.39, 0.29) is 59.5 Å². The van der Waals surface area contributed by atoms with Crippen LogP contribution in [0.1, 0.15) is 46.4 Å². The predicted octanol–water partition coefficient (Wildman–Crippen LogP) is 2.89. The van der Waals surface area contributed by atoms with Crippen molar-refractivity contribution in [1.82, 2.24) is 15.0 Å². The summed E-state index contributed by atoms with van der Waals surface area (Å²) < 4.78 is 47.8. The lowest BCUT2D eigenvalue weighted by Gasteiger charge is -2.30. The van der Waals surface area contributed by atoms with Gasteiger partial charge in [0.25, 0.3) is 0 Å². The molecule has 0 fully saturated rings. The fourth-order valence-electron chi connectivity index (χ4n) is 3.42. The zero-order valence-electron chi connectivity index (χ0n) is 20.3. The molecule has 1 aliphatic rings. The number of rotatable bonds is 5. The number of fused-ring (bicyclic) bond motifs is 1. The van der Waals surface area contributed by atoms with E-state index in [2.05, 4.69) is 15.0 Å². The summed E-state index contributed by atoms with van der Waals surface area (Å²) in [6.07, 6.45) is 0.887. The summed E-state index contributed by atoms with van der Waals surface area (Å²) in [5.74, 6) is -1.41. The largest absolute Gasteiger partial charge is 0.504 e. The van der Waals surface area contributed by atoms with E-state index < -0.39 is 24.1 Å². The van der Waals surface area contributed by atoms with Crippen LogP contribution in [-0.4, -0.2) is 43.7 Å². The zero-order valence-corrected chi connectivity index (χ0v) is 17.3. The van der Waals surface area contributed by atoms with Crippen molar-refractivity contribution in [2.45, 2.75) is 38.6 Å². The summed E-state index contributed by atoms with van der Waals surface area (Å²) in [5, 5.41) is 20.0. The number of benzene rings is 1. The van der Waals surface area contributed by atoms with Gasteiger partial charge in [0.15, 0.2) is 28.7 Å². The second-order valence-corrected chi connectivity index (χ2v) is 7.58. The number of phenolic OH excluding ortho intramolecular Hbond substituents is 2. The Hall–Kier alpha value is -3.75. The van der Waals surface area contributed by atoms with Crippen LogP contribution in [0.5, 0.6) is 23.0 Å². The molecule has 0 amide bonds. The normalized spacial score (nSPS) is 19.3. The minimum Gasteiger partial charge on any atom is -0.504 e. The number of carbonyl (C=O) groups is 1. The molecule has 1 aliphatic heterocycles. The van der Waals surface area contributed by atoms with Gasteiger partial charge in [0, 0.05) is 22.6 Å². The highest BCUT2D eigenvalue weighted by Gasteiger charge is 2.35. The topological polar surface area (TPSA) is 115 Å². The molecule has 3 heterocycles. The van der Waals surface area contributed by atoms with Crippen LogP contribution in [0.2, 0.25) is 0 Å². The van der Waals surface area contributed by atoms with E-state index in [1.807, 2.05) is 0 Å².